The Bertz CT molecular complexity index is 800. The number of nitrogens with zero attached hydrogens (tertiary/aromatic N) is 2. The summed E-state index contributed by atoms with van der Waals surface area (Å²) in [7, 11) is 0. The number of anilines is 1. The van der Waals surface area contributed by atoms with Crippen molar-refractivity contribution in [3.8, 4) is 11.3 Å². The van der Waals surface area contributed by atoms with Crippen molar-refractivity contribution in [2.24, 2.45) is 0 Å². The highest BCUT2D eigenvalue weighted by Gasteiger charge is 2.33. The van der Waals surface area contributed by atoms with E-state index in [0.29, 0.717) is 17.9 Å². The Kier molecular flexibility index (Phi) is 6.06. The third-order valence-electron chi connectivity index (χ3n) is 4.50. The number of carbonyl (C=O) groups excluding carboxylic acids is 1. The Hall–Kier alpha value is -2.06. The molecule has 0 radical (unpaired) electrons. The summed E-state index contributed by atoms with van der Waals surface area (Å²) in [5.74, 6) is 0.191. The highest BCUT2D eigenvalue weighted by molar-refractivity contribution is 6.31. The summed E-state index contributed by atoms with van der Waals surface area (Å²) in [6.45, 7) is 3.08. The quantitative estimate of drug-likeness (QED) is 0.747. The number of benzene rings is 1. The van der Waals surface area contributed by atoms with E-state index in [9.17, 15) is 18.0 Å². The molecule has 0 spiro atoms. The van der Waals surface area contributed by atoms with Gasteiger partial charge in [-0.2, -0.15) is 18.3 Å². The van der Waals surface area contributed by atoms with Gasteiger partial charge in [-0.3, -0.25) is 9.89 Å². The molecule has 3 rings (SSSR count). The van der Waals surface area contributed by atoms with Gasteiger partial charge in [0.15, 0.2) is 0 Å². The largest absolute Gasteiger partial charge is 0.417 e. The van der Waals surface area contributed by atoms with Crippen LogP contribution in [0.15, 0.2) is 24.3 Å². The topological polar surface area (TPSA) is 61.0 Å². The molecule has 0 bridgehead atoms. The van der Waals surface area contributed by atoms with E-state index in [1.54, 1.807) is 0 Å². The fraction of sp³-hybridized carbons (Fsp3) is 0.444. The molecule has 1 saturated heterocycles. The molecule has 1 aliphatic heterocycles. The molecule has 5 nitrogen and oxygen atoms in total. The lowest BCUT2D eigenvalue weighted by atomic mass is 10.1. The maximum Gasteiger partial charge on any atom is 0.417 e. The van der Waals surface area contributed by atoms with Crippen molar-refractivity contribution in [3.63, 3.8) is 0 Å². The molecule has 0 saturated carbocycles. The number of aromatic amines is 1. The van der Waals surface area contributed by atoms with E-state index in [1.165, 1.54) is 31.0 Å². The standard InChI is InChI=1S/C18H20ClF3N4O/c19-14-6-5-12(10-13(14)18(20,21)22)15-11-16(25-24-15)23-17(27)4-3-9-26-7-1-2-8-26/h5-6,10-11H,1-4,7-9H2,(H2,23,24,25,27). The molecule has 146 valence electrons. The summed E-state index contributed by atoms with van der Waals surface area (Å²) in [6, 6.07) is 5.09. The molecule has 2 heterocycles. The maximum absolute atomic E-state index is 13.0. The van der Waals surface area contributed by atoms with E-state index in [-0.39, 0.29) is 16.5 Å². The number of hydrogen-bond donors (Lipinski definition) is 2. The Morgan fingerprint density at radius 3 is 2.70 bits per heavy atom. The fourth-order valence-corrected chi connectivity index (χ4v) is 3.34. The van der Waals surface area contributed by atoms with Crippen LogP contribution in [0.4, 0.5) is 19.0 Å². The third kappa shape index (κ3) is 5.23. The van der Waals surface area contributed by atoms with E-state index in [1.807, 2.05) is 0 Å². The Morgan fingerprint density at radius 2 is 2.00 bits per heavy atom. The number of alkyl halides is 3. The minimum absolute atomic E-state index is 0.156. The van der Waals surface area contributed by atoms with Gasteiger partial charge in [0.25, 0.3) is 0 Å². The second-order valence-corrected chi connectivity index (χ2v) is 6.97. The van der Waals surface area contributed by atoms with Crippen molar-refractivity contribution in [2.45, 2.75) is 31.9 Å². The first-order valence-electron chi connectivity index (χ1n) is 8.77. The number of rotatable bonds is 6. The average molecular weight is 401 g/mol. The first kappa shape index (κ1) is 19.7. The van der Waals surface area contributed by atoms with Crippen LogP contribution in [0.1, 0.15) is 31.2 Å². The SMILES string of the molecule is O=C(CCCN1CCCC1)Nc1cc(-c2ccc(Cl)c(C(F)(F)F)c2)n[nH]1. The summed E-state index contributed by atoms with van der Waals surface area (Å²) >= 11 is 5.63. The lowest BCUT2D eigenvalue weighted by Gasteiger charge is -2.13. The van der Waals surface area contributed by atoms with Gasteiger partial charge in [0.2, 0.25) is 5.91 Å². The van der Waals surface area contributed by atoms with Gasteiger partial charge in [0, 0.05) is 18.1 Å². The van der Waals surface area contributed by atoms with Crippen LogP contribution in [-0.2, 0) is 11.0 Å². The van der Waals surface area contributed by atoms with E-state index >= 15 is 0 Å². The minimum Gasteiger partial charge on any atom is -0.311 e. The number of amides is 1. The number of hydrogen-bond acceptors (Lipinski definition) is 3. The molecule has 2 aromatic rings. The normalized spacial score (nSPS) is 15.3. The van der Waals surface area contributed by atoms with Gasteiger partial charge in [0.05, 0.1) is 16.3 Å². The first-order chi connectivity index (χ1) is 12.8. The third-order valence-corrected chi connectivity index (χ3v) is 4.83. The monoisotopic (exact) mass is 400 g/mol. The Balaban J connectivity index is 1.58. The molecule has 1 amide bonds. The Morgan fingerprint density at radius 1 is 1.26 bits per heavy atom. The van der Waals surface area contributed by atoms with Crippen LogP contribution in [-0.4, -0.2) is 40.6 Å². The number of halogens is 4. The molecule has 0 unspecified atom stereocenters. The summed E-state index contributed by atoms with van der Waals surface area (Å²) in [6.07, 6.45) is -0.980. The smallest absolute Gasteiger partial charge is 0.311 e. The number of likely N-dealkylation sites (tertiary alicyclic amines) is 1. The van der Waals surface area contributed by atoms with Crippen LogP contribution in [0.3, 0.4) is 0 Å². The van der Waals surface area contributed by atoms with Crippen molar-refractivity contribution >= 4 is 23.3 Å². The van der Waals surface area contributed by atoms with Gasteiger partial charge in [-0.15, -0.1) is 0 Å². The highest BCUT2D eigenvalue weighted by atomic mass is 35.5. The fourth-order valence-electron chi connectivity index (χ4n) is 3.12. The number of carbonyl (C=O) groups is 1. The average Bonchev–Trinajstić information content (AvgIpc) is 3.26. The zero-order valence-corrected chi connectivity index (χ0v) is 15.3. The summed E-state index contributed by atoms with van der Waals surface area (Å²) in [4.78, 5) is 14.4. The Labute approximate surface area is 159 Å². The van der Waals surface area contributed by atoms with Crippen molar-refractivity contribution in [1.29, 1.82) is 0 Å². The summed E-state index contributed by atoms with van der Waals surface area (Å²) in [5, 5.41) is 8.93. The number of H-pyrrole nitrogens is 1. The minimum atomic E-state index is -4.55. The second-order valence-electron chi connectivity index (χ2n) is 6.56. The van der Waals surface area contributed by atoms with Crippen molar-refractivity contribution in [2.75, 3.05) is 25.0 Å². The van der Waals surface area contributed by atoms with Crippen molar-refractivity contribution in [3.05, 3.63) is 34.9 Å². The van der Waals surface area contributed by atoms with E-state index < -0.39 is 11.7 Å². The molecule has 1 aromatic heterocycles. The van der Waals surface area contributed by atoms with E-state index in [0.717, 1.165) is 32.1 Å². The maximum atomic E-state index is 13.0. The zero-order chi connectivity index (χ0) is 19.4. The van der Waals surface area contributed by atoms with E-state index in [4.69, 9.17) is 11.6 Å². The molecular formula is C18H20ClF3N4O. The van der Waals surface area contributed by atoms with Crippen LogP contribution in [0.5, 0.6) is 0 Å². The second kappa shape index (κ2) is 8.31. The number of nitrogens with one attached hydrogen (secondary N) is 2. The molecule has 27 heavy (non-hydrogen) atoms. The number of aromatic nitrogens is 2. The van der Waals surface area contributed by atoms with Gasteiger partial charge < -0.3 is 10.2 Å². The van der Waals surface area contributed by atoms with E-state index in [2.05, 4.69) is 20.4 Å². The summed E-state index contributed by atoms with van der Waals surface area (Å²) < 4.78 is 38.9. The molecule has 0 aliphatic carbocycles. The van der Waals surface area contributed by atoms with Crippen LogP contribution in [0.25, 0.3) is 11.3 Å². The predicted octanol–water partition coefficient (Wildman–Crippen LogP) is 4.56. The highest BCUT2D eigenvalue weighted by Crippen LogP contribution is 2.37. The molecule has 1 aliphatic rings. The predicted molar refractivity (Wildman–Crippen MR) is 97.6 cm³/mol. The first-order valence-corrected chi connectivity index (χ1v) is 9.15. The summed E-state index contributed by atoms with van der Waals surface area (Å²) in [5.41, 5.74) is -0.362. The lowest BCUT2D eigenvalue weighted by Crippen LogP contribution is -2.22. The van der Waals surface area contributed by atoms with Crippen LogP contribution in [0, 0.1) is 0 Å². The van der Waals surface area contributed by atoms with Gasteiger partial charge in [-0.05, 0) is 51.0 Å². The van der Waals surface area contributed by atoms with Gasteiger partial charge >= 0.3 is 6.18 Å². The zero-order valence-electron chi connectivity index (χ0n) is 14.6. The van der Waals surface area contributed by atoms with Crippen LogP contribution >= 0.6 is 11.6 Å². The molecule has 1 fully saturated rings. The van der Waals surface area contributed by atoms with Gasteiger partial charge in [-0.1, -0.05) is 17.7 Å². The van der Waals surface area contributed by atoms with Gasteiger partial charge in [-0.25, -0.2) is 0 Å². The van der Waals surface area contributed by atoms with Crippen LogP contribution < -0.4 is 5.32 Å². The van der Waals surface area contributed by atoms with Crippen molar-refractivity contribution < 1.29 is 18.0 Å². The molecule has 1 aromatic carbocycles. The van der Waals surface area contributed by atoms with Crippen molar-refractivity contribution in [1.82, 2.24) is 15.1 Å². The molecular weight excluding hydrogens is 381 g/mol. The lowest BCUT2D eigenvalue weighted by molar-refractivity contribution is -0.137. The van der Waals surface area contributed by atoms with Gasteiger partial charge in [0.1, 0.15) is 5.82 Å². The molecule has 9 heteroatoms. The molecule has 0 atom stereocenters. The molecule has 2 N–H and O–H groups in total. The van der Waals surface area contributed by atoms with Crippen LogP contribution in [0.2, 0.25) is 5.02 Å².